The van der Waals surface area contributed by atoms with Crippen LogP contribution in [0.2, 0.25) is 0 Å². The summed E-state index contributed by atoms with van der Waals surface area (Å²) in [6, 6.07) is 6.31. The molecule has 0 fully saturated rings. The van der Waals surface area contributed by atoms with Crippen LogP contribution < -0.4 is 14.8 Å². The maximum absolute atomic E-state index is 5.24. The highest BCUT2D eigenvalue weighted by atomic mass is 28.1. The number of rotatable bonds is 2. The van der Waals surface area contributed by atoms with Gasteiger partial charge < -0.3 is 9.64 Å². The lowest BCUT2D eigenvalue weighted by atomic mass is 10.3. The molecule has 1 aromatic rings. The predicted molar refractivity (Wildman–Crippen MR) is 56.9 cm³/mol. The summed E-state index contributed by atoms with van der Waals surface area (Å²) < 4.78 is 5.24. The lowest BCUT2D eigenvalue weighted by molar-refractivity contribution is 0.415. The van der Waals surface area contributed by atoms with Gasteiger partial charge in [-0.3, -0.25) is 0 Å². The molecule has 0 radical (unpaired) electrons. The van der Waals surface area contributed by atoms with E-state index in [1.165, 1.54) is 5.19 Å². The molecule has 3 heteroatoms. The molecule has 0 aliphatic rings. The third-order valence-corrected chi connectivity index (χ3v) is 2.44. The van der Waals surface area contributed by atoms with Gasteiger partial charge in [0.05, 0.1) is 12.8 Å². The quantitative estimate of drug-likeness (QED) is 0.584. The minimum atomic E-state index is 0.944. The van der Waals surface area contributed by atoms with E-state index in [1.807, 2.05) is 20.2 Å². The maximum Gasteiger partial charge on any atom is 0.142 e. The molecular formula is C9H15NOSi. The highest BCUT2D eigenvalue weighted by Crippen LogP contribution is 2.24. The molecule has 66 valence electrons. The van der Waals surface area contributed by atoms with E-state index in [0.29, 0.717) is 0 Å². The van der Waals surface area contributed by atoms with Crippen LogP contribution in [0, 0.1) is 0 Å². The molecule has 2 nitrogen and oxygen atoms in total. The van der Waals surface area contributed by atoms with Crippen molar-refractivity contribution < 1.29 is 4.74 Å². The average Bonchev–Trinajstić information content (AvgIpc) is 2.04. The van der Waals surface area contributed by atoms with Gasteiger partial charge in [0.15, 0.2) is 0 Å². The van der Waals surface area contributed by atoms with Gasteiger partial charge in [-0.25, -0.2) is 0 Å². The molecule has 0 unspecified atom stereocenters. The van der Waals surface area contributed by atoms with E-state index in [-0.39, 0.29) is 0 Å². The van der Waals surface area contributed by atoms with Crippen LogP contribution in [0.1, 0.15) is 0 Å². The van der Waals surface area contributed by atoms with E-state index < -0.39 is 0 Å². The van der Waals surface area contributed by atoms with E-state index in [0.717, 1.165) is 21.7 Å². The number of nitrogens with zero attached hydrogens (tertiary/aromatic N) is 1. The molecule has 0 N–H and O–H groups in total. The smallest absolute Gasteiger partial charge is 0.142 e. The monoisotopic (exact) mass is 181 g/mol. The van der Waals surface area contributed by atoms with Crippen LogP contribution in [0.25, 0.3) is 0 Å². The Hall–Kier alpha value is -0.963. The van der Waals surface area contributed by atoms with Crippen molar-refractivity contribution >= 4 is 21.1 Å². The maximum atomic E-state index is 5.24. The van der Waals surface area contributed by atoms with Crippen LogP contribution in [0.15, 0.2) is 18.2 Å². The summed E-state index contributed by atoms with van der Waals surface area (Å²) in [6.07, 6.45) is 0. The van der Waals surface area contributed by atoms with Crippen LogP contribution in [0.4, 0.5) is 5.69 Å². The minimum absolute atomic E-state index is 0.944. The van der Waals surface area contributed by atoms with Crippen molar-refractivity contribution in [3.05, 3.63) is 18.2 Å². The summed E-state index contributed by atoms with van der Waals surface area (Å²) >= 11 is 0. The summed E-state index contributed by atoms with van der Waals surface area (Å²) in [5.41, 5.74) is 1.16. The van der Waals surface area contributed by atoms with Gasteiger partial charge in [0.1, 0.15) is 5.75 Å². The molecule has 0 heterocycles. The minimum Gasteiger partial charge on any atom is -0.495 e. The van der Waals surface area contributed by atoms with E-state index in [1.54, 1.807) is 7.11 Å². The number of hydrogen-bond acceptors (Lipinski definition) is 2. The zero-order valence-electron chi connectivity index (χ0n) is 8.09. The highest BCUT2D eigenvalue weighted by molar-refractivity contribution is 6.32. The van der Waals surface area contributed by atoms with Gasteiger partial charge in [-0.15, -0.1) is 0 Å². The van der Waals surface area contributed by atoms with Crippen molar-refractivity contribution in [1.82, 2.24) is 0 Å². The normalized spacial score (nSPS) is 9.92. The molecule has 1 rings (SSSR count). The van der Waals surface area contributed by atoms with Crippen LogP contribution in [0.3, 0.4) is 0 Å². The van der Waals surface area contributed by atoms with E-state index in [9.17, 15) is 0 Å². The topological polar surface area (TPSA) is 12.5 Å². The van der Waals surface area contributed by atoms with Crippen LogP contribution in [-0.2, 0) is 0 Å². The first kappa shape index (κ1) is 9.13. The van der Waals surface area contributed by atoms with E-state index in [4.69, 9.17) is 4.74 Å². The van der Waals surface area contributed by atoms with Crippen LogP contribution >= 0.6 is 0 Å². The van der Waals surface area contributed by atoms with Crippen LogP contribution in [0.5, 0.6) is 5.75 Å². The fraction of sp³-hybridized carbons (Fsp3) is 0.333. The van der Waals surface area contributed by atoms with Gasteiger partial charge in [0.2, 0.25) is 0 Å². The number of hydrogen-bond donors (Lipinski definition) is 0. The number of ether oxygens (including phenoxy) is 1. The summed E-state index contributed by atoms with van der Waals surface area (Å²) in [4.78, 5) is 2.07. The Bertz CT molecular complexity index is 273. The average molecular weight is 181 g/mol. The lowest BCUT2D eigenvalue weighted by Gasteiger charge is -2.16. The van der Waals surface area contributed by atoms with Crippen molar-refractivity contribution in [2.45, 2.75) is 0 Å². The fourth-order valence-corrected chi connectivity index (χ4v) is 1.59. The molecule has 0 saturated heterocycles. The summed E-state index contributed by atoms with van der Waals surface area (Å²) in [5, 5.41) is 1.39. The molecule has 0 amide bonds. The first-order valence-corrected chi connectivity index (χ1v) is 4.97. The third kappa shape index (κ3) is 1.79. The Kier molecular flexibility index (Phi) is 2.76. The summed E-state index contributed by atoms with van der Waals surface area (Å²) in [5.74, 6) is 0.944. The van der Waals surface area contributed by atoms with Crippen LogP contribution in [-0.4, -0.2) is 31.4 Å². The largest absolute Gasteiger partial charge is 0.495 e. The summed E-state index contributed by atoms with van der Waals surface area (Å²) in [7, 11) is 6.84. The Morgan fingerprint density at radius 3 is 2.50 bits per heavy atom. The molecule has 0 aliphatic carbocycles. The molecule has 0 saturated carbocycles. The Balaban J connectivity index is 3.12. The molecule has 0 aliphatic heterocycles. The lowest BCUT2D eigenvalue weighted by Crippen LogP contribution is -2.13. The Morgan fingerprint density at radius 1 is 1.33 bits per heavy atom. The molecule has 12 heavy (non-hydrogen) atoms. The molecule has 1 aromatic carbocycles. The van der Waals surface area contributed by atoms with Gasteiger partial charge >= 0.3 is 0 Å². The molecule has 0 atom stereocenters. The first-order chi connectivity index (χ1) is 5.65. The number of benzene rings is 1. The first-order valence-electron chi connectivity index (χ1n) is 3.97. The zero-order chi connectivity index (χ0) is 9.14. The van der Waals surface area contributed by atoms with E-state index in [2.05, 4.69) is 17.0 Å². The number of methoxy groups -OCH3 is 1. The molecule has 0 spiro atoms. The van der Waals surface area contributed by atoms with Crippen molar-refractivity contribution in [3.63, 3.8) is 0 Å². The van der Waals surface area contributed by atoms with Gasteiger partial charge in [-0.2, -0.15) is 0 Å². The second-order valence-electron chi connectivity index (χ2n) is 3.07. The van der Waals surface area contributed by atoms with Gasteiger partial charge in [-0.1, -0.05) is 11.3 Å². The SMILES string of the molecule is COc1ccc([SiH3])cc1N(C)C. The number of anilines is 1. The summed E-state index contributed by atoms with van der Waals surface area (Å²) in [6.45, 7) is 0. The van der Waals surface area contributed by atoms with E-state index >= 15 is 0 Å². The fourth-order valence-electron chi connectivity index (χ4n) is 1.15. The van der Waals surface area contributed by atoms with Gasteiger partial charge in [0.25, 0.3) is 0 Å². The molecular weight excluding hydrogens is 166 g/mol. The van der Waals surface area contributed by atoms with Crippen molar-refractivity contribution in [2.75, 3.05) is 26.1 Å². The van der Waals surface area contributed by atoms with Crippen molar-refractivity contribution in [3.8, 4) is 5.75 Å². The second-order valence-corrected chi connectivity index (χ2v) is 4.22. The standard InChI is InChI=1S/C9H15NOSi/c1-10(2)8-6-7(12)4-5-9(8)11-3/h4-6H,1-3,12H3. The predicted octanol–water partition coefficient (Wildman–Crippen LogP) is -0.248. The Morgan fingerprint density at radius 2 is 2.00 bits per heavy atom. The highest BCUT2D eigenvalue weighted by Gasteiger charge is 2.03. The Labute approximate surface area is 76.6 Å². The van der Waals surface area contributed by atoms with Crippen molar-refractivity contribution in [2.24, 2.45) is 0 Å². The third-order valence-electron chi connectivity index (χ3n) is 1.82. The zero-order valence-corrected chi connectivity index (χ0v) is 10.1. The van der Waals surface area contributed by atoms with Gasteiger partial charge in [0, 0.05) is 24.3 Å². The molecule has 0 aromatic heterocycles. The van der Waals surface area contributed by atoms with Crippen molar-refractivity contribution in [1.29, 1.82) is 0 Å². The van der Waals surface area contributed by atoms with Gasteiger partial charge in [-0.05, 0) is 12.1 Å². The second kappa shape index (κ2) is 3.63. The molecule has 0 bridgehead atoms.